The normalized spacial score (nSPS) is 16.4. The summed E-state index contributed by atoms with van der Waals surface area (Å²) in [6.45, 7) is 0. The molecule has 20 heavy (non-hydrogen) atoms. The van der Waals surface area contributed by atoms with Crippen LogP contribution in [0.2, 0.25) is 0 Å². The maximum atomic E-state index is 12.0. The van der Waals surface area contributed by atoms with Crippen LogP contribution in [-0.2, 0) is 4.79 Å². The lowest BCUT2D eigenvalue weighted by Crippen LogP contribution is -2.17. The van der Waals surface area contributed by atoms with Crippen molar-refractivity contribution >= 4 is 34.3 Å². The number of H-pyrrole nitrogens is 1. The Morgan fingerprint density at radius 2 is 2.10 bits per heavy atom. The van der Waals surface area contributed by atoms with E-state index in [1.165, 1.54) is 37.5 Å². The van der Waals surface area contributed by atoms with Crippen molar-refractivity contribution in [1.29, 1.82) is 0 Å². The summed E-state index contributed by atoms with van der Waals surface area (Å²) in [6, 6.07) is 7.99. The summed E-state index contributed by atoms with van der Waals surface area (Å²) in [4.78, 5) is 15.1. The van der Waals surface area contributed by atoms with Gasteiger partial charge in [-0.05, 0) is 36.4 Å². The van der Waals surface area contributed by atoms with Gasteiger partial charge in [0, 0.05) is 22.7 Å². The van der Waals surface area contributed by atoms with Gasteiger partial charge in [-0.25, -0.2) is 0 Å². The number of aromatic nitrogens is 1. The number of thioether (sulfide) groups is 1. The summed E-state index contributed by atoms with van der Waals surface area (Å²) in [7, 11) is 0. The molecule has 4 heteroatoms. The van der Waals surface area contributed by atoms with E-state index < -0.39 is 0 Å². The molecule has 2 N–H and O–H groups in total. The smallest absolute Gasteiger partial charge is 0.234 e. The number of nitrogens with one attached hydrogen (secondary N) is 2. The summed E-state index contributed by atoms with van der Waals surface area (Å²) in [5.41, 5.74) is 1.93. The van der Waals surface area contributed by atoms with Crippen LogP contribution in [-0.4, -0.2) is 21.9 Å². The van der Waals surface area contributed by atoms with Crippen LogP contribution in [0.15, 0.2) is 30.5 Å². The van der Waals surface area contributed by atoms with Crippen molar-refractivity contribution in [3.8, 4) is 0 Å². The van der Waals surface area contributed by atoms with Crippen LogP contribution in [0.3, 0.4) is 0 Å². The Morgan fingerprint density at radius 3 is 2.95 bits per heavy atom. The number of aromatic amines is 1. The minimum Gasteiger partial charge on any atom is -0.361 e. The first-order valence-corrected chi connectivity index (χ1v) is 8.35. The van der Waals surface area contributed by atoms with Crippen LogP contribution in [0.4, 0.5) is 5.69 Å². The number of anilines is 1. The Balaban J connectivity index is 1.52. The van der Waals surface area contributed by atoms with Gasteiger partial charge in [-0.2, -0.15) is 0 Å². The summed E-state index contributed by atoms with van der Waals surface area (Å²) in [5, 5.41) is 4.83. The van der Waals surface area contributed by atoms with Crippen LogP contribution in [0.5, 0.6) is 0 Å². The van der Waals surface area contributed by atoms with Gasteiger partial charge in [0.2, 0.25) is 5.91 Å². The first kappa shape index (κ1) is 13.6. The first-order valence-electron chi connectivity index (χ1n) is 7.30. The molecule has 0 radical (unpaired) electrons. The molecule has 1 fully saturated rings. The SMILES string of the molecule is O=C(CSC1CCCCC1)Nc1ccc2cc[nH]c2c1. The molecule has 1 saturated carbocycles. The molecule has 0 unspecified atom stereocenters. The predicted octanol–water partition coefficient (Wildman–Crippen LogP) is 4.17. The van der Waals surface area contributed by atoms with Crippen LogP contribution in [0, 0.1) is 0 Å². The van der Waals surface area contributed by atoms with E-state index in [1.807, 2.05) is 42.2 Å². The average Bonchev–Trinajstić information content (AvgIpc) is 2.94. The highest BCUT2D eigenvalue weighted by atomic mass is 32.2. The second-order valence-corrected chi connectivity index (χ2v) is 6.69. The van der Waals surface area contributed by atoms with Gasteiger partial charge in [0.05, 0.1) is 5.75 Å². The minimum atomic E-state index is 0.103. The Morgan fingerprint density at radius 1 is 1.25 bits per heavy atom. The van der Waals surface area contributed by atoms with Gasteiger partial charge >= 0.3 is 0 Å². The molecular formula is C16H20N2OS. The van der Waals surface area contributed by atoms with Crippen molar-refractivity contribution in [1.82, 2.24) is 4.98 Å². The van der Waals surface area contributed by atoms with Crippen molar-refractivity contribution in [2.75, 3.05) is 11.1 Å². The van der Waals surface area contributed by atoms with Gasteiger partial charge in [-0.1, -0.05) is 25.3 Å². The molecule has 0 atom stereocenters. The monoisotopic (exact) mass is 288 g/mol. The summed E-state index contributed by atoms with van der Waals surface area (Å²) < 4.78 is 0. The summed E-state index contributed by atoms with van der Waals surface area (Å²) in [5.74, 6) is 0.666. The van der Waals surface area contributed by atoms with Gasteiger partial charge in [0.25, 0.3) is 0 Å². The number of fused-ring (bicyclic) bond motifs is 1. The molecule has 0 aliphatic heterocycles. The average molecular weight is 288 g/mol. The summed E-state index contributed by atoms with van der Waals surface area (Å²) >= 11 is 1.81. The molecule has 1 amide bonds. The lowest BCUT2D eigenvalue weighted by Gasteiger charge is -2.20. The van der Waals surface area contributed by atoms with E-state index in [0.717, 1.165) is 11.2 Å². The second-order valence-electron chi connectivity index (χ2n) is 5.40. The van der Waals surface area contributed by atoms with E-state index in [9.17, 15) is 4.79 Å². The Labute approximate surface area is 123 Å². The molecule has 0 bridgehead atoms. The van der Waals surface area contributed by atoms with Crippen molar-refractivity contribution < 1.29 is 4.79 Å². The number of hydrogen-bond donors (Lipinski definition) is 2. The Kier molecular flexibility index (Phi) is 4.31. The quantitative estimate of drug-likeness (QED) is 0.886. The highest BCUT2D eigenvalue weighted by molar-refractivity contribution is 8.00. The number of rotatable bonds is 4. The standard InChI is InChI=1S/C16H20N2OS/c19-16(11-20-14-4-2-1-3-5-14)18-13-7-6-12-8-9-17-15(12)10-13/h6-10,14,17H,1-5,11H2,(H,18,19). The van der Waals surface area contributed by atoms with Crippen molar-refractivity contribution in [2.45, 2.75) is 37.4 Å². The van der Waals surface area contributed by atoms with E-state index in [-0.39, 0.29) is 5.91 Å². The zero-order valence-corrected chi connectivity index (χ0v) is 12.3. The van der Waals surface area contributed by atoms with Gasteiger partial charge in [0.15, 0.2) is 0 Å². The van der Waals surface area contributed by atoms with E-state index in [1.54, 1.807) is 0 Å². The number of hydrogen-bond acceptors (Lipinski definition) is 2. The Bertz CT molecular complexity index is 587. The summed E-state index contributed by atoms with van der Waals surface area (Å²) in [6.07, 6.45) is 8.46. The number of carbonyl (C=O) groups excluding carboxylic acids is 1. The molecular weight excluding hydrogens is 268 g/mol. The van der Waals surface area contributed by atoms with Crippen LogP contribution in [0.1, 0.15) is 32.1 Å². The first-order chi connectivity index (χ1) is 9.81. The fourth-order valence-corrected chi connectivity index (χ4v) is 3.87. The Hall–Kier alpha value is -1.42. The largest absolute Gasteiger partial charge is 0.361 e. The van der Waals surface area contributed by atoms with Crippen LogP contribution >= 0.6 is 11.8 Å². The fourth-order valence-electron chi connectivity index (χ4n) is 2.75. The lowest BCUT2D eigenvalue weighted by atomic mass is 10.0. The molecule has 2 aromatic rings. The molecule has 1 heterocycles. The van der Waals surface area contributed by atoms with E-state index >= 15 is 0 Å². The molecule has 1 aromatic carbocycles. The molecule has 3 nitrogen and oxygen atoms in total. The highest BCUT2D eigenvalue weighted by Crippen LogP contribution is 2.28. The third kappa shape index (κ3) is 3.37. The molecule has 1 aromatic heterocycles. The maximum absolute atomic E-state index is 12.0. The maximum Gasteiger partial charge on any atom is 0.234 e. The molecule has 0 spiro atoms. The zero-order valence-electron chi connectivity index (χ0n) is 11.5. The number of carbonyl (C=O) groups is 1. The van der Waals surface area contributed by atoms with Crippen LogP contribution < -0.4 is 5.32 Å². The number of benzene rings is 1. The number of amides is 1. The predicted molar refractivity (Wildman–Crippen MR) is 86.3 cm³/mol. The van der Waals surface area contributed by atoms with Crippen LogP contribution in [0.25, 0.3) is 10.9 Å². The third-order valence-electron chi connectivity index (χ3n) is 3.84. The molecule has 3 rings (SSSR count). The third-order valence-corrected chi connectivity index (χ3v) is 5.21. The van der Waals surface area contributed by atoms with Crippen molar-refractivity contribution in [2.24, 2.45) is 0 Å². The van der Waals surface area contributed by atoms with Crippen molar-refractivity contribution in [3.63, 3.8) is 0 Å². The molecule has 1 aliphatic rings. The van der Waals surface area contributed by atoms with Gasteiger partial charge < -0.3 is 10.3 Å². The van der Waals surface area contributed by atoms with E-state index in [0.29, 0.717) is 11.0 Å². The van der Waals surface area contributed by atoms with Gasteiger partial charge in [0.1, 0.15) is 0 Å². The second kappa shape index (κ2) is 6.35. The lowest BCUT2D eigenvalue weighted by molar-refractivity contribution is -0.113. The highest BCUT2D eigenvalue weighted by Gasteiger charge is 2.15. The van der Waals surface area contributed by atoms with Gasteiger partial charge in [-0.15, -0.1) is 11.8 Å². The van der Waals surface area contributed by atoms with Gasteiger partial charge in [-0.3, -0.25) is 4.79 Å². The van der Waals surface area contributed by atoms with E-state index in [4.69, 9.17) is 0 Å². The topological polar surface area (TPSA) is 44.9 Å². The molecule has 106 valence electrons. The zero-order chi connectivity index (χ0) is 13.8. The fraction of sp³-hybridized carbons (Fsp3) is 0.438. The molecule has 1 aliphatic carbocycles. The van der Waals surface area contributed by atoms with E-state index in [2.05, 4.69) is 10.3 Å². The minimum absolute atomic E-state index is 0.103. The molecule has 0 saturated heterocycles. The van der Waals surface area contributed by atoms with Crippen molar-refractivity contribution in [3.05, 3.63) is 30.5 Å².